The van der Waals surface area contributed by atoms with Crippen LogP contribution in [-0.2, 0) is 9.39 Å². The molecule has 0 radical (unpaired) electrons. The number of rotatable bonds is 2. The van der Waals surface area contributed by atoms with Gasteiger partial charge in [0, 0.05) is 0 Å². The first-order valence-corrected chi connectivity index (χ1v) is 1.62. The van der Waals surface area contributed by atoms with Gasteiger partial charge < -0.3 is 0 Å². The van der Waals surface area contributed by atoms with Crippen LogP contribution >= 0.6 is 0 Å². The minimum absolute atomic E-state index is 1.46. The van der Waals surface area contributed by atoms with Crippen LogP contribution in [0.1, 0.15) is 0 Å². The molecule has 0 heterocycles. The van der Waals surface area contributed by atoms with Crippen molar-refractivity contribution < 1.29 is 9.39 Å². The fraction of sp³-hybridized carbons (Fsp3) is 0.667. The number of hydrogen-bond acceptors (Lipinski definition) is 2. The molecule has 0 bridgehead atoms. The van der Waals surface area contributed by atoms with Crippen molar-refractivity contribution in [3.63, 3.8) is 0 Å². The summed E-state index contributed by atoms with van der Waals surface area (Å²) in [6.07, 6.45) is 1.46. The second-order valence-electron chi connectivity index (χ2n) is 0.744. The first-order valence-electron chi connectivity index (χ1n) is 1.62. The summed E-state index contributed by atoms with van der Waals surface area (Å²) in [6.45, 7) is 0. The quantitative estimate of drug-likeness (QED) is 0.428. The molecule has 0 aliphatic carbocycles. The van der Waals surface area contributed by atoms with Gasteiger partial charge in [0.15, 0.2) is 0 Å². The van der Waals surface area contributed by atoms with E-state index in [-0.39, 0.29) is 0 Å². The third-order valence-corrected chi connectivity index (χ3v) is 0.328. The molecule has 2 nitrogen and oxygen atoms in total. The van der Waals surface area contributed by atoms with Crippen molar-refractivity contribution >= 4 is 13.3 Å². The third-order valence-electron chi connectivity index (χ3n) is 0.328. The first kappa shape index (κ1) is 5.53. The van der Waals surface area contributed by atoms with E-state index in [9.17, 15) is 0 Å². The van der Waals surface area contributed by atoms with E-state index >= 15 is 0 Å². The standard InChI is InChI=1S/C3H7BO2/c1-5-3-4-6-2/h3H,1-2H3. The van der Waals surface area contributed by atoms with E-state index in [1.165, 1.54) is 13.3 Å². The summed E-state index contributed by atoms with van der Waals surface area (Å²) >= 11 is 0. The maximum atomic E-state index is 4.48. The van der Waals surface area contributed by atoms with Gasteiger partial charge in [-0.1, -0.05) is 0 Å². The van der Waals surface area contributed by atoms with Crippen molar-refractivity contribution in [2.45, 2.75) is 0 Å². The molecule has 0 amide bonds. The summed E-state index contributed by atoms with van der Waals surface area (Å²) in [5.41, 5.74) is 0. The predicted molar refractivity (Wildman–Crippen MR) is 25.8 cm³/mol. The Kier molecular flexibility index (Phi) is 4.18. The van der Waals surface area contributed by atoms with Gasteiger partial charge in [0.05, 0.1) is 0 Å². The number of hydrogen-bond donors (Lipinski definition) is 0. The summed E-state index contributed by atoms with van der Waals surface area (Å²) in [5.74, 6) is 0. The normalized spacial score (nSPS) is 7.67. The van der Waals surface area contributed by atoms with Crippen LogP contribution in [0, 0.1) is 0 Å². The van der Waals surface area contributed by atoms with Crippen molar-refractivity contribution in [2.24, 2.45) is 0 Å². The van der Waals surface area contributed by atoms with Gasteiger partial charge >= 0.3 is 36.9 Å². The molecule has 0 aliphatic heterocycles. The molecular weight excluding hydrogens is 78.8 g/mol. The summed E-state index contributed by atoms with van der Waals surface area (Å²) < 4.78 is 8.95. The van der Waals surface area contributed by atoms with Crippen molar-refractivity contribution in [3.8, 4) is 0 Å². The van der Waals surface area contributed by atoms with Crippen molar-refractivity contribution in [3.05, 3.63) is 0 Å². The molecule has 0 N–H and O–H groups in total. The fourth-order valence-electron chi connectivity index (χ4n) is 0.111. The molecule has 0 spiro atoms. The Labute approximate surface area is 38.0 Å². The molecule has 0 aromatic carbocycles. The number of methoxy groups -OCH3 is 1. The Balaban J connectivity index is 2.73. The van der Waals surface area contributed by atoms with Gasteiger partial charge in [-0.25, -0.2) is 0 Å². The van der Waals surface area contributed by atoms with Gasteiger partial charge in [0.1, 0.15) is 0 Å². The molecule has 0 aliphatic rings. The second kappa shape index (κ2) is 4.53. The van der Waals surface area contributed by atoms with Gasteiger partial charge in [-0.3, -0.25) is 0 Å². The van der Waals surface area contributed by atoms with Crippen LogP contribution in [0.3, 0.4) is 0 Å². The molecule has 0 atom stereocenters. The zero-order valence-corrected chi connectivity index (χ0v) is 3.97. The topological polar surface area (TPSA) is 18.5 Å². The van der Waals surface area contributed by atoms with E-state index < -0.39 is 0 Å². The van der Waals surface area contributed by atoms with Crippen molar-refractivity contribution in [1.82, 2.24) is 0 Å². The molecule has 3 heteroatoms. The Hall–Kier alpha value is -0.465. The molecule has 0 saturated heterocycles. The van der Waals surface area contributed by atoms with E-state index in [1.54, 1.807) is 14.2 Å². The molecule has 0 aromatic rings. The van der Waals surface area contributed by atoms with E-state index in [0.29, 0.717) is 0 Å². The molecule has 34 valence electrons. The Morgan fingerprint density at radius 3 is 2.33 bits per heavy atom. The van der Waals surface area contributed by atoms with Gasteiger partial charge in [0.25, 0.3) is 0 Å². The summed E-state index contributed by atoms with van der Waals surface area (Å²) in [6, 6.07) is 0. The minimum atomic E-state index is 1.46. The SMILES string of the molecule is COB=COC. The molecule has 6 heavy (non-hydrogen) atoms. The van der Waals surface area contributed by atoms with Crippen LogP contribution in [0.2, 0.25) is 0 Å². The van der Waals surface area contributed by atoms with Crippen LogP contribution in [0.25, 0.3) is 0 Å². The van der Waals surface area contributed by atoms with E-state index in [2.05, 4.69) is 9.39 Å². The number of ether oxygens (including phenoxy) is 1. The van der Waals surface area contributed by atoms with Gasteiger partial charge in [-0.15, -0.1) is 0 Å². The zero-order chi connectivity index (χ0) is 4.83. The van der Waals surface area contributed by atoms with Gasteiger partial charge in [0.2, 0.25) is 0 Å². The predicted octanol–water partition coefficient (Wildman–Crippen LogP) is -0.342. The molecular formula is C3H7BO2. The molecule has 0 aromatic heterocycles. The second-order valence-corrected chi connectivity index (χ2v) is 0.744. The Bertz CT molecular complexity index is 38.1. The average Bonchev–Trinajstić information content (AvgIpc) is 1.61. The van der Waals surface area contributed by atoms with Gasteiger partial charge in [-0.2, -0.15) is 0 Å². The van der Waals surface area contributed by atoms with Crippen molar-refractivity contribution in [1.29, 1.82) is 0 Å². The summed E-state index contributed by atoms with van der Waals surface area (Å²) in [5, 5.41) is 0. The van der Waals surface area contributed by atoms with Crippen LogP contribution in [0.5, 0.6) is 0 Å². The first-order chi connectivity index (χ1) is 2.91. The summed E-state index contributed by atoms with van der Waals surface area (Å²) in [7, 11) is 4.59. The molecule has 0 fully saturated rings. The summed E-state index contributed by atoms with van der Waals surface area (Å²) in [4.78, 5) is 0. The van der Waals surface area contributed by atoms with Crippen LogP contribution in [0.15, 0.2) is 0 Å². The molecule has 0 unspecified atom stereocenters. The molecule has 0 saturated carbocycles. The average molecular weight is 85.9 g/mol. The van der Waals surface area contributed by atoms with E-state index in [1.807, 2.05) is 0 Å². The Morgan fingerprint density at radius 2 is 2.17 bits per heavy atom. The maximum absolute atomic E-state index is 4.48. The van der Waals surface area contributed by atoms with Gasteiger partial charge in [-0.05, 0) is 0 Å². The van der Waals surface area contributed by atoms with Crippen LogP contribution < -0.4 is 0 Å². The third kappa shape index (κ3) is 3.53. The van der Waals surface area contributed by atoms with Crippen LogP contribution in [0.4, 0.5) is 0 Å². The molecule has 0 rings (SSSR count). The van der Waals surface area contributed by atoms with Crippen LogP contribution in [-0.4, -0.2) is 27.5 Å². The van der Waals surface area contributed by atoms with E-state index in [4.69, 9.17) is 0 Å². The van der Waals surface area contributed by atoms with E-state index in [0.717, 1.165) is 0 Å². The Morgan fingerprint density at radius 1 is 1.50 bits per heavy atom. The van der Waals surface area contributed by atoms with Crippen molar-refractivity contribution in [2.75, 3.05) is 14.2 Å². The zero-order valence-electron chi connectivity index (χ0n) is 3.97. The fourth-order valence-corrected chi connectivity index (χ4v) is 0.111. The monoisotopic (exact) mass is 86.1 g/mol.